The minimum Gasteiger partial charge on any atom is -0.497 e. The summed E-state index contributed by atoms with van der Waals surface area (Å²) < 4.78 is 12.3. The molecule has 15 nitrogen and oxygen atoms in total. The van der Waals surface area contributed by atoms with Crippen LogP contribution in [-0.2, 0) is 29.5 Å². The van der Waals surface area contributed by atoms with Gasteiger partial charge >= 0.3 is 0 Å². The number of methoxy groups -OCH3 is 1. The van der Waals surface area contributed by atoms with Gasteiger partial charge in [-0.3, -0.25) is 24.0 Å². The quantitative estimate of drug-likeness (QED) is 0.200. The smallest absolute Gasteiger partial charge is 0.287 e. The molecule has 4 amide bonds. The number of hydrogen-bond acceptors (Lipinski definition) is 10. The molecule has 284 valence electrons. The number of rotatable bonds is 12. The van der Waals surface area contributed by atoms with Crippen LogP contribution < -0.4 is 21.1 Å². The first-order valence-electron chi connectivity index (χ1n) is 18.4. The largest absolute Gasteiger partial charge is 0.497 e. The first kappa shape index (κ1) is 37.9. The number of nitrogens with one attached hydrogen (secondary N) is 2. The molecule has 3 heterocycles. The number of nitrogens with two attached hydrogens (primary N) is 1. The van der Waals surface area contributed by atoms with Crippen molar-refractivity contribution in [2.24, 2.45) is 11.7 Å². The number of carbonyl (C=O) groups excluding carboxylic acids is 5. The maximum Gasteiger partial charge on any atom is 0.287 e. The summed E-state index contributed by atoms with van der Waals surface area (Å²) in [5.41, 5.74) is 3.28. The molecule has 0 unspecified atom stereocenters. The van der Waals surface area contributed by atoms with Crippen LogP contribution in [0.1, 0.15) is 93.7 Å². The molecule has 53 heavy (non-hydrogen) atoms. The van der Waals surface area contributed by atoms with Crippen LogP contribution in [0, 0.1) is 5.92 Å². The molecule has 3 aromatic rings. The number of hydrogen-bond donors (Lipinski definition) is 4. The Morgan fingerprint density at radius 1 is 1.06 bits per heavy atom. The van der Waals surface area contributed by atoms with Crippen molar-refractivity contribution < 1.29 is 38.6 Å². The fraction of sp³-hybridized carbons (Fsp3) is 0.553. The highest BCUT2D eigenvalue weighted by molar-refractivity contribution is 6.39. The van der Waals surface area contributed by atoms with E-state index in [4.69, 9.17) is 15.2 Å². The third kappa shape index (κ3) is 8.20. The number of benzene rings is 2. The number of ether oxygens (including phenoxy) is 2. The van der Waals surface area contributed by atoms with E-state index in [0.29, 0.717) is 23.4 Å². The van der Waals surface area contributed by atoms with Crippen molar-refractivity contribution >= 4 is 40.2 Å². The Kier molecular flexibility index (Phi) is 11.1. The second-order valence-electron chi connectivity index (χ2n) is 15.1. The first-order chi connectivity index (χ1) is 25.3. The molecule has 1 aliphatic carbocycles. The van der Waals surface area contributed by atoms with Gasteiger partial charge in [0.1, 0.15) is 29.0 Å². The third-order valence-corrected chi connectivity index (χ3v) is 11.0. The number of amides is 4. The van der Waals surface area contributed by atoms with Gasteiger partial charge in [0.05, 0.1) is 25.0 Å². The van der Waals surface area contributed by atoms with E-state index in [1.807, 2.05) is 24.3 Å². The van der Waals surface area contributed by atoms with Crippen LogP contribution in [0.25, 0.3) is 10.8 Å². The summed E-state index contributed by atoms with van der Waals surface area (Å²) in [7, 11) is 1.59. The zero-order valence-electron chi connectivity index (χ0n) is 30.5. The molecule has 2 saturated heterocycles. The molecule has 0 bridgehead atoms. The van der Waals surface area contributed by atoms with Crippen LogP contribution in [0.15, 0.2) is 42.6 Å². The molecule has 0 radical (unpaired) electrons. The molecular formula is C38H49N7O8. The fourth-order valence-electron chi connectivity index (χ4n) is 8.03. The number of Topliss-reactive ketones (excluding diaryl/α,β-unsaturated/α-hetero) is 1. The summed E-state index contributed by atoms with van der Waals surface area (Å²) in [4.78, 5) is 69.9. The van der Waals surface area contributed by atoms with E-state index >= 15 is 0 Å². The number of likely N-dealkylation sites (tertiary alicyclic amines) is 1. The molecule has 15 heteroatoms. The standard InChI is InChI=1S/C38H49N7O8/c1-37(2,51)31-21-40-43-45(31)27-20-30(35(49)42-38(32(46)33(39)47)13-15-53-16-14-38)44(22-27)36(50)29(17-23-7-5-4-6-8-23)41-34(48)26-10-9-25-19-28(52-3)12-11-24(25)18-26/h9-12,18-19,21,23,27,29-30,51H,4-8,13-17,20,22H2,1-3H3,(H2,39,47)(H,41,48)(H,42,49)/t27-,29+,30-/m0/s1. The van der Waals surface area contributed by atoms with Crippen LogP contribution in [0.5, 0.6) is 5.75 Å². The highest BCUT2D eigenvalue weighted by atomic mass is 16.5. The Morgan fingerprint density at radius 3 is 2.43 bits per heavy atom. The number of ketones is 1. The van der Waals surface area contributed by atoms with Gasteiger partial charge in [-0.1, -0.05) is 49.5 Å². The summed E-state index contributed by atoms with van der Waals surface area (Å²) in [6.07, 6.45) is 6.95. The van der Waals surface area contributed by atoms with E-state index in [2.05, 4.69) is 20.9 Å². The SMILES string of the molecule is COc1ccc2cc(C(=O)N[C@H](CC3CCCCC3)C(=O)N3C[C@@H](n4nncc4C(C)(C)O)C[C@H]3C(=O)NC3(C(=O)C(N)=O)CCOCC3)ccc2c1. The number of nitrogens with zero attached hydrogens (tertiary/aromatic N) is 4. The van der Waals surface area contributed by atoms with Gasteiger partial charge < -0.3 is 35.8 Å². The molecular weight excluding hydrogens is 682 g/mol. The van der Waals surface area contributed by atoms with Crippen molar-refractivity contribution in [2.45, 2.75) is 101 Å². The molecule has 6 rings (SSSR count). The Morgan fingerprint density at radius 2 is 1.75 bits per heavy atom. The van der Waals surface area contributed by atoms with Gasteiger partial charge in [0, 0.05) is 44.6 Å². The van der Waals surface area contributed by atoms with Crippen LogP contribution in [0.2, 0.25) is 0 Å². The lowest BCUT2D eigenvalue weighted by Gasteiger charge is -2.37. The lowest BCUT2D eigenvalue weighted by molar-refractivity contribution is -0.147. The van der Waals surface area contributed by atoms with Crippen LogP contribution >= 0.6 is 0 Å². The predicted molar refractivity (Wildman–Crippen MR) is 192 cm³/mol. The second kappa shape index (κ2) is 15.6. The maximum atomic E-state index is 14.9. The lowest BCUT2D eigenvalue weighted by Crippen LogP contribution is -2.64. The first-order valence-corrected chi connectivity index (χ1v) is 18.4. The maximum absolute atomic E-state index is 14.9. The van der Waals surface area contributed by atoms with Gasteiger partial charge in [0.25, 0.3) is 11.8 Å². The molecule has 3 aliphatic rings. The van der Waals surface area contributed by atoms with Gasteiger partial charge in [-0.2, -0.15) is 0 Å². The van der Waals surface area contributed by atoms with Crippen molar-refractivity contribution in [2.75, 3.05) is 26.9 Å². The molecule has 1 aromatic heterocycles. The number of aliphatic hydroxyl groups is 1. The van der Waals surface area contributed by atoms with Gasteiger partial charge in [0.15, 0.2) is 0 Å². The van der Waals surface area contributed by atoms with Crippen molar-refractivity contribution in [1.29, 1.82) is 0 Å². The van der Waals surface area contributed by atoms with Gasteiger partial charge in [-0.15, -0.1) is 5.10 Å². The van der Waals surface area contributed by atoms with Crippen molar-refractivity contribution in [3.63, 3.8) is 0 Å². The third-order valence-electron chi connectivity index (χ3n) is 11.0. The minimum absolute atomic E-state index is 0.0120. The Hall–Kier alpha value is -4.89. The zero-order chi connectivity index (χ0) is 37.9. The molecule has 2 aromatic carbocycles. The average molecular weight is 732 g/mol. The van der Waals surface area contributed by atoms with Gasteiger partial charge in [0.2, 0.25) is 17.6 Å². The second-order valence-corrected chi connectivity index (χ2v) is 15.1. The average Bonchev–Trinajstić information content (AvgIpc) is 3.83. The van der Waals surface area contributed by atoms with E-state index in [-0.39, 0.29) is 44.9 Å². The number of carbonyl (C=O) groups is 5. The zero-order valence-corrected chi connectivity index (χ0v) is 30.5. The van der Waals surface area contributed by atoms with Crippen molar-refractivity contribution in [3.05, 3.63) is 53.9 Å². The monoisotopic (exact) mass is 731 g/mol. The lowest BCUT2D eigenvalue weighted by atomic mass is 9.84. The predicted octanol–water partition coefficient (Wildman–Crippen LogP) is 2.30. The summed E-state index contributed by atoms with van der Waals surface area (Å²) in [5, 5.41) is 26.7. The van der Waals surface area contributed by atoms with Crippen molar-refractivity contribution in [3.8, 4) is 5.75 Å². The normalized spacial score (nSPS) is 21.2. The topological polar surface area (TPSA) is 208 Å². The number of primary amides is 1. The van der Waals surface area contributed by atoms with E-state index in [1.165, 1.54) is 15.8 Å². The molecule has 3 fully saturated rings. The Labute approximate surface area is 307 Å². The molecule has 3 atom stereocenters. The van der Waals surface area contributed by atoms with E-state index < -0.39 is 58.7 Å². The van der Waals surface area contributed by atoms with Gasteiger partial charge in [-0.05, 0) is 61.2 Å². The summed E-state index contributed by atoms with van der Waals surface area (Å²) in [5.74, 6) is -2.76. The number of aromatic nitrogens is 3. The summed E-state index contributed by atoms with van der Waals surface area (Å²) in [6.45, 7) is 3.45. The summed E-state index contributed by atoms with van der Waals surface area (Å²) >= 11 is 0. The molecule has 0 spiro atoms. The van der Waals surface area contributed by atoms with E-state index in [0.717, 1.165) is 42.9 Å². The highest BCUT2D eigenvalue weighted by Gasteiger charge is 2.49. The Balaban J connectivity index is 1.33. The number of fused-ring (bicyclic) bond motifs is 1. The van der Waals surface area contributed by atoms with Gasteiger partial charge in [-0.25, -0.2) is 4.68 Å². The summed E-state index contributed by atoms with van der Waals surface area (Å²) in [6, 6.07) is 8.17. The highest BCUT2D eigenvalue weighted by Crippen LogP contribution is 2.34. The fourth-order valence-corrected chi connectivity index (χ4v) is 8.03. The van der Waals surface area contributed by atoms with Crippen LogP contribution in [0.4, 0.5) is 0 Å². The van der Waals surface area contributed by atoms with E-state index in [9.17, 15) is 29.1 Å². The molecule has 2 aliphatic heterocycles. The molecule has 1 saturated carbocycles. The molecule has 5 N–H and O–H groups in total. The van der Waals surface area contributed by atoms with Crippen LogP contribution in [-0.4, -0.2) is 98.9 Å². The minimum atomic E-state index is -1.59. The van der Waals surface area contributed by atoms with E-state index in [1.54, 1.807) is 33.1 Å². The Bertz CT molecular complexity index is 1860. The van der Waals surface area contributed by atoms with Crippen LogP contribution in [0.3, 0.4) is 0 Å². The van der Waals surface area contributed by atoms with Crippen molar-refractivity contribution in [1.82, 2.24) is 30.5 Å².